The highest BCUT2D eigenvalue weighted by Crippen LogP contribution is 2.40. The van der Waals surface area contributed by atoms with Gasteiger partial charge in [-0.25, -0.2) is 0 Å². The molecule has 0 aromatic heterocycles. The average molecular weight is 390 g/mol. The van der Waals surface area contributed by atoms with Crippen molar-refractivity contribution < 1.29 is 28.6 Å². The van der Waals surface area contributed by atoms with Crippen molar-refractivity contribution in [3.63, 3.8) is 0 Å². The van der Waals surface area contributed by atoms with Gasteiger partial charge in [0.05, 0.1) is 19.1 Å². The van der Waals surface area contributed by atoms with Gasteiger partial charge in [0.15, 0.2) is 5.41 Å². The Hall–Kier alpha value is -2.37. The molecular formula is C22H30O6. The first kappa shape index (κ1) is 21.9. The number of ether oxygens (including phenoxy) is 3. The van der Waals surface area contributed by atoms with Crippen molar-refractivity contribution in [3.8, 4) is 0 Å². The van der Waals surface area contributed by atoms with Crippen LogP contribution in [0.4, 0.5) is 0 Å². The third-order valence-electron chi connectivity index (χ3n) is 4.81. The van der Waals surface area contributed by atoms with Gasteiger partial charge >= 0.3 is 17.9 Å². The van der Waals surface area contributed by atoms with Crippen molar-refractivity contribution in [1.29, 1.82) is 0 Å². The molecule has 1 atom stereocenters. The molecule has 28 heavy (non-hydrogen) atoms. The molecule has 0 N–H and O–H groups in total. The summed E-state index contributed by atoms with van der Waals surface area (Å²) >= 11 is 0. The number of carbonyl (C=O) groups is 3. The molecular weight excluding hydrogens is 360 g/mol. The van der Waals surface area contributed by atoms with Gasteiger partial charge in [-0.05, 0) is 71.1 Å². The standard InChI is InChI=1S/C22H30O6/c1-7-26-19(24)22(20(25)27-8-2)12-16-10-9-15(11-17(16)13-22)14(3)18(23)28-21(4,5)6/h9-11,14H,7-8,12-13H2,1-6H3. The van der Waals surface area contributed by atoms with Crippen LogP contribution in [0, 0.1) is 5.41 Å². The topological polar surface area (TPSA) is 78.9 Å². The lowest BCUT2D eigenvalue weighted by Crippen LogP contribution is -2.43. The van der Waals surface area contributed by atoms with E-state index < -0.39 is 28.9 Å². The van der Waals surface area contributed by atoms with Crippen LogP contribution in [0.5, 0.6) is 0 Å². The van der Waals surface area contributed by atoms with Gasteiger partial charge in [0.2, 0.25) is 0 Å². The lowest BCUT2D eigenvalue weighted by molar-refractivity contribution is -0.171. The molecule has 1 unspecified atom stereocenters. The Morgan fingerprint density at radius 2 is 1.54 bits per heavy atom. The predicted molar refractivity (Wildman–Crippen MR) is 104 cm³/mol. The summed E-state index contributed by atoms with van der Waals surface area (Å²) in [6, 6.07) is 5.59. The van der Waals surface area contributed by atoms with Gasteiger partial charge in [0, 0.05) is 0 Å². The summed E-state index contributed by atoms with van der Waals surface area (Å²) in [5.41, 5.74) is 0.611. The van der Waals surface area contributed by atoms with Crippen LogP contribution in [0.25, 0.3) is 0 Å². The Bertz CT molecular complexity index is 741. The third-order valence-corrected chi connectivity index (χ3v) is 4.81. The van der Waals surface area contributed by atoms with Crippen molar-refractivity contribution in [3.05, 3.63) is 34.9 Å². The first-order chi connectivity index (χ1) is 13.0. The van der Waals surface area contributed by atoms with Crippen LogP contribution in [0.1, 0.15) is 64.2 Å². The van der Waals surface area contributed by atoms with Crippen molar-refractivity contribution in [2.45, 2.75) is 65.9 Å². The summed E-state index contributed by atoms with van der Waals surface area (Å²) in [5, 5.41) is 0. The zero-order valence-corrected chi connectivity index (χ0v) is 17.6. The normalized spacial score (nSPS) is 16.1. The minimum atomic E-state index is -1.36. The fourth-order valence-electron chi connectivity index (χ4n) is 3.40. The molecule has 1 aromatic carbocycles. The summed E-state index contributed by atoms with van der Waals surface area (Å²) in [6.45, 7) is 11.1. The first-order valence-electron chi connectivity index (χ1n) is 9.73. The van der Waals surface area contributed by atoms with Crippen LogP contribution < -0.4 is 0 Å². The second-order valence-corrected chi connectivity index (χ2v) is 8.16. The number of carbonyl (C=O) groups excluding carboxylic acids is 3. The molecule has 0 fully saturated rings. The van der Waals surface area contributed by atoms with Crippen LogP contribution in [-0.4, -0.2) is 36.7 Å². The molecule has 0 saturated carbocycles. The Labute approximate surface area is 166 Å². The largest absolute Gasteiger partial charge is 0.465 e. The number of esters is 3. The van der Waals surface area contributed by atoms with E-state index in [1.165, 1.54) is 0 Å². The summed E-state index contributed by atoms with van der Waals surface area (Å²) < 4.78 is 15.8. The molecule has 2 rings (SSSR count). The smallest absolute Gasteiger partial charge is 0.324 e. The quantitative estimate of drug-likeness (QED) is 0.421. The van der Waals surface area contributed by atoms with E-state index in [0.717, 1.165) is 16.7 Å². The molecule has 6 heteroatoms. The van der Waals surface area contributed by atoms with Crippen molar-refractivity contribution in [2.24, 2.45) is 5.41 Å². The van der Waals surface area contributed by atoms with Gasteiger partial charge in [-0.3, -0.25) is 14.4 Å². The monoisotopic (exact) mass is 390 g/mol. The van der Waals surface area contributed by atoms with Crippen molar-refractivity contribution in [1.82, 2.24) is 0 Å². The highest BCUT2D eigenvalue weighted by atomic mass is 16.6. The lowest BCUT2D eigenvalue weighted by Gasteiger charge is -2.24. The number of rotatable bonds is 6. The van der Waals surface area contributed by atoms with Gasteiger partial charge in [0.1, 0.15) is 5.60 Å². The SMILES string of the molecule is CCOC(=O)C1(C(=O)OCC)Cc2ccc(C(C)C(=O)OC(C)(C)C)cc2C1. The number of fused-ring (bicyclic) bond motifs is 1. The van der Waals surface area contributed by atoms with Gasteiger partial charge in [-0.2, -0.15) is 0 Å². The van der Waals surface area contributed by atoms with Gasteiger partial charge in [-0.15, -0.1) is 0 Å². The molecule has 0 spiro atoms. The van der Waals surface area contributed by atoms with Crippen LogP contribution >= 0.6 is 0 Å². The van der Waals surface area contributed by atoms with E-state index in [0.29, 0.717) is 0 Å². The zero-order chi connectivity index (χ0) is 21.1. The van der Waals surface area contributed by atoms with E-state index in [1.807, 2.05) is 39.0 Å². The summed E-state index contributed by atoms with van der Waals surface area (Å²) in [5.74, 6) is -1.89. The molecule has 0 bridgehead atoms. The zero-order valence-electron chi connectivity index (χ0n) is 17.6. The van der Waals surface area contributed by atoms with E-state index in [4.69, 9.17) is 14.2 Å². The number of hydrogen-bond donors (Lipinski definition) is 0. The maximum absolute atomic E-state index is 12.6. The minimum absolute atomic E-state index is 0.192. The molecule has 0 aliphatic heterocycles. The van der Waals surface area contributed by atoms with Crippen LogP contribution in [0.15, 0.2) is 18.2 Å². The van der Waals surface area contributed by atoms with E-state index in [9.17, 15) is 14.4 Å². The minimum Gasteiger partial charge on any atom is -0.465 e. The second kappa shape index (κ2) is 8.33. The highest BCUT2D eigenvalue weighted by Gasteiger charge is 2.53. The Morgan fingerprint density at radius 3 is 2.04 bits per heavy atom. The van der Waals surface area contributed by atoms with E-state index in [1.54, 1.807) is 20.8 Å². The maximum atomic E-state index is 12.6. The van der Waals surface area contributed by atoms with E-state index in [-0.39, 0.29) is 32.0 Å². The van der Waals surface area contributed by atoms with Crippen molar-refractivity contribution in [2.75, 3.05) is 13.2 Å². The first-order valence-corrected chi connectivity index (χ1v) is 9.73. The van der Waals surface area contributed by atoms with E-state index in [2.05, 4.69) is 0 Å². The summed E-state index contributed by atoms with van der Waals surface area (Å²) in [6.07, 6.45) is 0.440. The predicted octanol–water partition coefficient (Wildman–Crippen LogP) is 3.34. The number of hydrogen-bond acceptors (Lipinski definition) is 6. The fraction of sp³-hybridized carbons (Fsp3) is 0.591. The molecule has 1 aromatic rings. The van der Waals surface area contributed by atoms with Gasteiger partial charge < -0.3 is 14.2 Å². The van der Waals surface area contributed by atoms with E-state index >= 15 is 0 Å². The Balaban J connectivity index is 2.31. The maximum Gasteiger partial charge on any atom is 0.324 e. The second-order valence-electron chi connectivity index (χ2n) is 8.16. The molecule has 1 aliphatic carbocycles. The summed E-state index contributed by atoms with van der Waals surface area (Å²) in [4.78, 5) is 37.7. The lowest BCUT2D eigenvalue weighted by atomic mass is 9.84. The third kappa shape index (κ3) is 4.54. The Morgan fingerprint density at radius 1 is 1.00 bits per heavy atom. The molecule has 154 valence electrons. The molecule has 0 radical (unpaired) electrons. The Kier molecular flexibility index (Phi) is 6.52. The molecule has 6 nitrogen and oxygen atoms in total. The summed E-state index contributed by atoms with van der Waals surface area (Å²) in [7, 11) is 0. The van der Waals surface area contributed by atoms with Crippen LogP contribution in [-0.2, 0) is 41.4 Å². The van der Waals surface area contributed by atoms with Crippen molar-refractivity contribution >= 4 is 17.9 Å². The molecule has 1 aliphatic rings. The molecule has 0 saturated heterocycles. The molecule has 0 heterocycles. The van der Waals surface area contributed by atoms with Crippen LogP contribution in [0.2, 0.25) is 0 Å². The fourth-order valence-corrected chi connectivity index (χ4v) is 3.40. The number of benzene rings is 1. The van der Waals surface area contributed by atoms with Gasteiger partial charge in [-0.1, -0.05) is 18.2 Å². The average Bonchev–Trinajstić information content (AvgIpc) is 3.00. The van der Waals surface area contributed by atoms with Crippen LogP contribution in [0.3, 0.4) is 0 Å². The highest BCUT2D eigenvalue weighted by molar-refractivity contribution is 6.01. The van der Waals surface area contributed by atoms with Gasteiger partial charge in [0.25, 0.3) is 0 Å². The molecule has 0 amide bonds.